The molecule has 0 saturated heterocycles. The van der Waals surface area contributed by atoms with Crippen LogP contribution in [-0.4, -0.2) is 21.3 Å². The number of carbonyl (C=O) groups is 1. The van der Waals surface area contributed by atoms with Gasteiger partial charge in [0.1, 0.15) is 10.7 Å². The summed E-state index contributed by atoms with van der Waals surface area (Å²) in [5.74, 6) is -8.53. The number of carboxylic acid groups (broad SMARTS) is 1. The van der Waals surface area contributed by atoms with Crippen LogP contribution in [-0.2, 0) is 0 Å². The van der Waals surface area contributed by atoms with E-state index in [1.165, 1.54) is 0 Å². The number of benzene rings is 1. The van der Waals surface area contributed by atoms with E-state index in [1.54, 1.807) is 0 Å². The molecule has 1 aromatic heterocycles. The van der Waals surface area contributed by atoms with Crippen LogP contribution in [0.25, 0.3) is 11.3 Å². The van der Waals surface area contributed by atoms with E-state index in [9.17, 15) is 22.4 Å². The molecule has 0 aliphatic heterocycles. The van der Waals surface area contributed by atoms with E-state index < -0.39 is 51.2 Å². The summed E-state index contributed by atoms with van der Waals surface area (Å²) in [7, 11) is 0. The van der Waals surface area contributed by atoms with Gasteiger partial charge in [0.25, 0.3) is 0 Å². The highest BCUT2D eigenvalue weighted by Gasteiger charge is 2.27. The number of nitrogens with one attached hydrogen (secondary N) is 1. The number of hydrogen-bond donors (Lipinski definition) is 2. The standard InChI is InChI=1S/C10H3ClF4N2O2/c11-5-8(14)6(12)4(7(13)9(5)15)2-1-3(10(18)19)17-16-2/h1H,(H,16,17)(H,18,19). The number of aromatic amines is 1. The van der Waals surface area contributed by atoms with Crippen LogP contribution in [0.15, 0.2) is 6.07 Å². The lowest BCUT2D eigenvalue weighted by Gasteiger charge is -2.06. The lowest BCUT2D eigenvalue weighted by molar-refractivity contribution is 0.0690. The molecule has 0 aliphatic carbocycles. The average molecular weight is 295 g/mol. The van der Waals surface area contributed by atoms with E-state index in [0.29, 0.717) is 0 Å². The summed E-state index contributed by atoms with van der Waals surface area (Å²) in [6.07, 6.45) is 0. The van der Waals surface area contributed by atoms with Crippen molar-refractivity contribution in [2.24, 2.45) is 0 Å². The predicted octanol–water partition coefficient (Wildman–Crippen LogP) is 2.98. The molecule has 0 amide bonds. The van der Waals surface area contributed by atoms with Gasteiger partial charge in [0.15, 0.2) is 23.3 Å². The van der Waals surface area contributed by atoms with Crippen LogP contribution >= 0.6 is 11.6 Å². The van der Waals surface area contributed by atoms with Gasteiger partial charge in [0.2, 0.25) is 0 Å². The van der Waals surface area contributed by atoms with Gasteiger partial charge in [-0.05, 0) is 6.07 Å². The summed E-state index contributed by atoms with van der Waals surface area (Å²) in [5, 5.41) is 12.5. The Kier molecular flexibility index (Phi) is 3.19. The summed E-state index contributed by atoms with van der Waals surface area (Å²) in [4.78, 5) is 10.6. The first-order valence-electron chi connectivity index (χ1n) is 4.65. The number of aromatic carboxylic acids is 1. The number of nitrogens with zero attached hydrogens (tertiary/aromatic N) is 1. The first-order chi connectivity index (χ1) is 8.84. The van der Waals surface area contributed by atoms with Gasteiger partial charge in [-0.2, -0.15) is 5.10 Å². The Morgan fingerprint density at radius 2 is 1.68 bits per heavy atom. The maximum Gasteiger partial charge on any atom is 0.353 e. The third-order valence-electron chi connectivity index (χ3n) is 2.27. The molecule has 1 heterocycles. The molecule has 0 bridgehead atoms. The number of halogens is 5. The van der Waals surface area contributed by atoms with E-state index in [2.05, 4.69) is 5.10 Å². The van der Waals surface area contributed by atoms with Gasteiger partial charge >= 0.3 is 5.97 Å². The molecule has 4 nitrogen and oxygen atoms in total. The van der Waals surface area contributed by atoms with Crippen molar-refractivity contribution in [3.05, 3.63) is 40.1 Å². The zero-order chi connectivity index (χ0) is 14.3. The maximum atomic E-state index is 13.5. The van der Waals surface area contributed by atoms with E-state index in [-0.39, 0.29) is 0 Å². The number of aromatic nitrogens is 2. The number of H-pyrrole nitrogens is 1. The lowest BCUT2D eigenvalue weighted by Crippen LogP contribution is -2.01. The second-order valence-electron chi connectivity index (χ2n) is 3.42. The Morgan fingerprint density at radius 3 is 2.11 bits per heavy atom. The molecular weight excluding hydrogens is 292 g/mol. The molecule has 19 heavy (non-hydrogen) atoms. The van der Waals surface area contributed by atoms with Crippen LogP contribution in [0.5, 0.6) is 0 Å². The second-order valence-corrected chi connectivity index (χ2v) is 3.79. The Balaban J connectivity index is 2.71. The maximum absolute atomic E-state index is 13.5. The van der Waals surface area contributed by atoms with Crippen molar-refractivity contribution in [1.82, 2.24) is 10.2 Å². The highest BCUT2D eigenvalue weighted by Crippen LogP contribution is 2.33. The zero-order valence-electron chi connectivity index (χ0n) is 8.77. The molecule has 1 aromatic carbocycles. The van der Waals surface area contributed by atoms with Crippen molar-refractivity contribution >= 4 is 17.6 Å². The van der Waals surface area contributed by atoms with Gasteiger partial charge in [0, 0.05) is 0 Å². The molecule has 0 atom stereocenters. The Labute approximate surface area is 107 Å². The van der Waals surface area contributed by atoms with Gasteiger partial charge in [0.05, 0.1) is 11.3 Å². The van der Waals surface area contributed by atoms with E-state index >= 15 is 0 Å². The normalized spacial score (nSPS) is 10.8. The smallest absolute Gasteiger partial charge is 0.353 e. The van der Waals surface area contributed by atoms with Crippen LogP contribution in [0.3, 0.4) is 0 Å². The van der Waals surface area contributed by atoms with E-state index in [1.807, 2.05) is 5.10 Å². The quantitative estimate of drug-likeness (QED) is 0.508. The molecule has 100 valence electrons. The Morgan fingerprint density at radius 1 is 1.16 bits per heavy atom. The summed E-state index contributed by atoms with van der Waals surface area (Å²) in [6.45, 7) is 0. The van der Waals surface area contributed by atoms with Gasteiger partial charge < -0.3 is 5.11 Å². The summed E-state index contributed by atoms with van der Waals surface area (Å²) >= 11 is 5.05. The van der Waals surface area contributed by atoms with Crippen molar-refractivity contribution in [3.8, 4) is 11.3 Å². The fraction of sp³-hybridized carbons (Fsp3) is 0. The van der Waals surface area contributed by atoms with Gasteiger partial charge in [-0.1, -0.05) is 11.6 Å². The highest BCUT2D eigenvalue weighted by molar-refractivity contribution is 6.31. The first kappa shape index (κ1) is 13.3. The topological polar surface area (TPSA) is 66.0 Å². The SMILES string of the molecule is O=C(O)c1cc(-c2c(F)c(F)c(Cl)c(F)c2F)n[nH]1. The zero-order valence-corrected chi connectivity index (χ0v) is 9.53. The highest BCUT2D eigenvalue weighted by atomic mass is 35.5. The molecule has 0 unspecified atom stereocenters. The largest absolute Gasteiger partial charge is 0.477 e. The molecule has 0 radical (unpaired) electrons. The van der Waals surface area contributed by atoms with Gasteiger partial charge in [-0.25, -0.2) is 22.4 Å². The molecule has 0 spiro atoms. The van der Waals surface area contributed by atoms with Crippen LogP contribution in [0, 0.1) is 23.3 Å². The first-order valence-corrected chi connectivity index (χ1v) is 5.03. The van der Waals surface area contributed by atoms with E-state index in [4.69, 9.17) is 16.7 Å². The minimum absolute atomic E-state index is 0.496. The fourth-order valence-electron chi connectivity index (χ4n) is 1.39. The van der Waals surface area contributed by atoms with Crippen molar-refractivity contribution in [2.75, 3.05) is 0 Å². The molecule has 2 aromatic rings. The van der Waals surface area contributed by atoms with Gasteiger partial charge in [-0.3, -0.25) is 5.10 Å². The molecule has 0 saturated carbocycles. The monoisotopic (exact) mass is 294 g/mol. The molecule has 2 N–H and O–H groups in total. The predicted molar refractivity (Wildman–Crippen MR) is 55.8 cm³/mol. The molecule has 0 fully saturated rings. The second kappa shape index (κ2) is 4.54. The van der Waals surface area contributed by atoms with Crippen molar-refractivity contribution in [1.29, 1.82) is 0 Å². The minimum Gasteiger partial charge on any atom is -0.477 e. The average Bonchev–Trinajstić information content (AvgIpc) is 2.84. The summed E-state index contributed by atoms with van der Waals surface area (Å²) in [6, 6.07) is 0.733. The molecule has 0 aliphatic rings. The molecular formula is C10H3ClF4N2O2. The van der Waals surface area contributed by atoms with Crippen LogP contribution < -0.4 is 0 Å². The van der Waals surface area contributed by atoms with Crippen molar-refractivity contribution < 1.29 is 27.5 Å². The number of hydrogen-bond acceptors (Lipinski definition) is 2. The molecule has 2 rings (SSSR count). The third kappa shape index (κ3) is 2.03. The van der Waals surface area contributed by atoms with E-state index in [0.717, 1.165) is 6.07 Å². The third-order valence-corrected chi connectivity index (χ3v) is 2.61. The Hall–Kier alpha value is -2.09. The number of carboxylic acids is 1. The minimum atomic E-state index is -1.78. The Bertz CT molecular complexity index is 657. The van der Waals surface area contributed by atoms with Crippen molar-refractivity contribution in [2.45, 2.75) is 0 Å². The summed E-state index contributed by atoms with van der Waals surface area (Å²) < 4.78 is 53.5. The van der Waals surface area contributed by atoms with Crippen LogP contribution in [0.1, 0.15) is 10.5 Å². The summed E-state index contributed by atoms with van der Waals surface area (Å²) in [5.41, 5.74) is -2.23. The molecule has 9 heteroatoms. The van der Waals surface area contributed by atoms with Crippen LogP contribution in [0.2, 0.25) is 5.02 Å². The van der Waals surface area contributed by atoms with Gasteiger partial charge in [-0.15, -0.1) is 0 Å². The number of rotatable bonds is 2. The van der Waals surface area contributed by atoms with Crippen LogP contribution in [0.4, 0.5) is 17.6 Å². The van der Waals surface area contributed by atoms with Crippen molar-refractivity contribution in [3.63, 3.8) is 0 Å². The lowest BCUT2D eigenvalue weighted by atomic mass is 10.1. The fourth-order valence-corrected chi connectivity index (χ4v) is 1.56.